The number of carbonyl (C=O) groups excluding carboxylic acids is 1. The first kappa shape index (κ1) is 16.0. The fourth-order valence-corrected chi connectivity index (χ4v) is 2.98. The molecule has 1 heterocycles. The van der Waals surface area contributed by atoms with Crippen LogP contribution >= 0.6 is 0 Å². The molecule has 1 aromatic carbocycles. The molecule has 2 unspecified atom stereocenters. The minimum Gasteiger partial charge on any atom is -0.393 e. The van der Waals surface area contributed by atoms with Gasteiger partial charge in [-0.25, -0.2) is 4.39 Å². The molecule has 2 rings (SSSR count). The van der Waals surface area contributed by atoms with Crippen LogP contribution in [0, 0.1) is 12.7 Å². The molecule has 1 aromatic rings. The summed E-state index contributed by atoms with van der Waals surface area (Å²) in [7, 11) is 0. The molecule has 4 heteroatoms. The maximum atomic E-state index is 13.7. The van der Waals surface area contributed by atoms with Crippen LogP contribution in [-0.2, 0) is 0 Å². The van der Waals surface area contributed by atoms with Crippen LogP contribution in [0.25, 0.3) is 0 Å². The molecule has 3 nitrogen and oxygen atoms in total. The number of nitrogens with zero attached hydrogens (tertiary/aromatic N) is 1. The van der Waals surface area contributed by atoms with Crippen molar-refractivity contribution in [2.75, 3.05) is 6.54 Å². The minimum atomic E-state index is -0.432. The normalized spacial score (nSPS) is 21.0. The van der Waals surface area contributed by atoms with Gasteiger partial charge in [0.1, 0.15) is 5.82 Å². The summed E-state index contributed by atoms with van der Waals surface area (Å²) in [6, 6.07) is 4.70. The fraction of sp³-hybridized carbons (Fsp3) is 0.588. The van der Waals surface area contributed by atoms with E-state index in [1.54, 1.807) is 26.0 Å². The third-order valence-electron chi connectivity index (χ3n) is 4.17. The van der Waals surface area contributed by atoms with Crippen molar-refractivity contribution in [1.82, 2.24) is 4.90 Å². The summed E-state index contributed by atoms with van der Waals surface area (Å²) < 4.78 is 13.7. The number of hydrogen-bond acceptors (Lipinski definition) is 2. The average Bonchev–Trinajstić information content (AvgIpc) is 2.66. The van der Waals surface area contributed by atoms with Crippen molar-refractivity contribution in [1.29, 1.82) is 0 Å². The molecule has 2 atom stereocenters. The number of halogens is 1. The number of carbonyl (C=O) groups is 1. The zero-order valence-electron chi connectivity index (χ0n) is 12.8. The van der Waals surface area contributed by atoms with Crippen LogP contribution in [0.5, 0.6) is 0 Å². The molecule has 0 bridgehead atoms. The molecule has 21 heavy (non-hydrogen) atoms. The lowest BCUT2D eigenvalue weighted by molar-refractivity contribution is 0.0606. The monoisotopic (exact) mass is 293 g/mol. The van der Waals surface area contributed by atoms with Gasteiger partial charge >= 0.3 is 0 Å². The first-order valence-corrected chi connectivity index (χ1v) is 7.74. The molecule has 0 radical (unpaired) electrons. The number of aliphatic hydroxyl groups is 1. The summed E-state index contributed by atoms with van der Waals surface area (Å²) in [5.74, 6) is -0.468. The lowest BCUT2D eigenvalue weighted by Gasteiger charge is -2.31. The van der Waals surface area contributed by atoms with Gasteiger partial charge in [-0.15, -0.1) is 0 Å². The molecule has 1 aliphatic rings. The van der Waals surface area contributed by atoms with E-state index in [4.69, 9.17) is 0 Å². The predicted molar refractivity (Wildman–Crippen MR) is 80.7 cm³/mol. The maximum Gasteiger partial charge on any atom is 0.254 e. The van der Waals surface area contributed by atoms with E-state index in [0.717, 1.165) is 25.7 Å². The summed E-state index contributed by atoms with van der Waals surface area (Å²) >= 11 is 0. The lowest BCUT2D eigenvalue weighted by atomic mass is 10.0. The van der Waals surface area contributed by atoms with E-state index >= 15 is 0 Å². The van der Waals surface area contributed by atoms with E-state index in [0.29, 0.717) is 24.1 Å². The zero-order chi connectivity index (χ0) is 15.4. The standard InChI is InChI=1S/C17H24FNO2/c1-12-7-8-14(11-16(12)18)17(21)19-9-5-3-4-6-15(19)10-13(2)20/h7-8,11,13,15,20H,3-6,9-10H2,1-2H3. The van der Waals surface area contributed by atoms with Crippen molar-refractivity contribution in [3.05, 3.63) is 35.1 Å². The van der Waals surface area contributed by atoms with Gasteiger partial charge in [0.15, 0.2) is 0 Å². The Balaban J connectivity index is 2.21. The Kier molecular flexibility index (Phi) is 5.34. The van der Waals surface area contributed by atoms with Crippen LogP contribution in [0.2, 0.25) is 0 Å². The number of rotatable bonds is 3. The van der Waals surface area contributed by atoms with Gasteiger partial charge in [0.2, 0.25) is 0 Å². The molecule has 1 aliphatic heterocycles. The van der Waals surface area contributed by atoms with Crippen LogP contribution in [0.3, 0.4) is 0 Å². The van der Waals surface area contributed by atoms with E-state index in [1.807, 2.05) is 4.90 Å². The number of benzene rings is 1. The molecule has 1 N–H and O–H groups in total. The Bertz CT molecular complexity index is 502. The highest BCUT2D eigenvalue weighted by Gasteiger charge is 2.27. The highest BCUT2D eigenvalue weighted by molar-refractivity contribution is 5.94. The van der Waals surface area contributed by atoms with Crippen LogP contribution in [-0.4, -0.2) is 34.6 Å². The summed E-state index contributed by atoms with van der Waals surface area (Å²) in [6.45, 7) is 4.12. The fourth-order valence-electron chi connectivity index (χ4n) is 2.98. The first-order valence-electron chi connectivity index (χ1n) is 7.74. The smallest absolute Gasteiger partial charge is 0.254 e. The second kappa shape index (κ2) is 7.03. The second-order valence-corrected chi connectivity index (χ2v) is 6.05. The van der Waals surface area contributed by atoms with Gasteiger partial charge < -0.3 is 10.0 Å². The van der Waals surface area contributed by atoms with E-state index in [1.165, 1.54) is 6.07 Å². The SMILES string of the molecule is Cc1ccc(C(=O)N2CCCCCC2CC(C)O)cc1F. The van der Waals surface area contributed by atoms with Crippen molar-refractivity contribution in [2.45, 2.75) is 58.1 Å². The van der Waals surface area contributed by atoms with E-state index in [-0.39, 0.29) is 17.8 Å². The van der Waals surface area contributed by atoms with E-state index in [9.17, 15) is 14.3 Å². The topological polar surface area (TPSA) is 40.5 Å². The van der Waals surface area contributed by atoms with Crippen molar-refractivity contribution in [3.63, 3.8) is 0 Å². The molecular weight excluding hydrogens is 269 g/mol. The van der Waals surface area contributed by atoms with Crippen LogP contribution in [0.4, 0.5) is 4.39 Å². The Morgan fingerprint density at radius 3 is 2.86 bits per heavy atom. The molecule has 1 amide bonds. The van der Waals surface area contributed by atoms with Gasteiger partial charge in [-0.1, -0.05) is 18.9 Å². The predicted octanol–water partition coefficient (Wildman–Crippen LogP) is 3.29. The Hall–Kier alpha value is -1.42. The van der Waals surface area contributed by atoms with E-state index in [2.05, 4.69) is 0 Å². The highest BCUT2D eigenvalue weighted by Crippen LogP contribution is 2.23. The van der Waals surface area contributed by atoms with Crippen molar-refractivity contribution >= 4 is 5.91 Å². The summed E-state index contributed by atoms with van der Waals surface area (Å²) in [5.41, 5.74) is 0.943. The van der Waals surface area contributed by atoms with Crippen LogP contribution < -0.4 is 0 Å². The minimum absolute atomic E-state index is 0.0457. The highest BCUT2D eigenvalue weighted by atomic mass is 19.1. The molecule has 0 aliphatic carbocycles. The third-order valence-corrected chi connectivity index (χ3v) is 4.17. The van der Waals surface area contributed by atoms with Gasteiger partial charge in [0, 0.05) is 18.2 Å². The maximum absolute atomic E-state index is 13.7. The number of aryl methyl sites for hydroxylation is 1. The van der Waals surface area contributed by atoms with Gasteiger partial charge in [-0.2, -0.15) is 0 Å². The quantitative estimate of drug-likeness (QED) is 0.929. The van der Waals surface area contributed by atoms with Crippen molar-refractivity contribution in [2.24, 2.45) is 0 Å². The lowest BCUT2D eigenvalue weighted by Crippen LogP contribution is -2.41. The van der Waals surface area contributed by atoms with Crippen molar-refractivity contribution in [3.8, 4) is 0 Å². The average molecular weight is 293 g/mol. The number of likely N-dealkylation sites (tertiary alicyclic amines) is 1. The molecule has 0 aromatic heterocycles. The first-order chi connectivity index (χ1) is 9.99. The number of amides is 1. The van der Waals surface area contributed by atoms with Crippen LogP contribution in [0.15, 0.2) is 18.2 Å². The van der Waals surface area contributed by atoms with Gasteiger partial charge in [-0.05, 0) is 50.8 Å². The van der Waals surface area contributed by atoms with Gasteiger partial charge in [0.05, 0.1) is 6.10 Å². The summed E-state index contributed by atoms with van der Waals surface area (Å²) in [5, 5.41) is 9.65. The van der Waals surface area contributed by atoms with Gasteiger partial charge in [0.25, 0.3) is 5.91 Å². The van der Waals surface area contributed by atoms with Crippen LogP contribution in [0.1, 0.15) is 54.9 Å². The molecule has 0 saturated carbocycles. The van der Waals surface area contributed by atoms with Gasteiger partial charge in [-0.3, -0.25) is 4.79 Å². The van der Waals surface area contributed by atoms with E-state index < -0.39 is 6.10 Å². The third kappa shape index (κ3) is 4.03. The molecule has 1 saturated heterocycles. The summed E-state index contributed by atoms with van der Waals surface area (Å²) in [4.78, 5) is 14.5. The second-order valence-electron chi connectivity index (χ2n) is 6.05. The van der Waals surface area contributed by atoms with Crippen molar-refractivity contribution < 1.29 is 14.3 Å². The molecule has 0 spiro atoms. The number of hydrogen-bond donors (Lipinski definition) is 1. The number of aliphatic hydroxyl groups excluding tert-OH is 1. The zero-order valence-corrected chi connectivity index (χ0v) is 12.8. The molecule has 116 valence electrons. The Labute approximate surface area is 125 Å². The molecule has 1 fully saturated rings. The summed E-state index contributed by atoms with van der Waals surface area (Å²) in [6.07, 6.45) is 4.20. The Morgan fingerprint density at radius 2 is 2.19 bits per heavy atom. The molecular formula is C17H24FNO2. The largest absolute Gasteiger partial charge is 0.393 e. The Morgan fingerprint density at radius 1 is 1.43 bits per heavy atom.